The second-order valence-electron chi connectivity index (χ2n) is 3.55. The predicted octanol–water partition coefficient (Wildman–Crippen LogP) is 2.84. The molecule has 0 spiro atoms. The van der Waals surface area contributed by atoms with Crippen LogP contribution in [0, 0.1) is 5.82 Å². The van der Waals surface area contributed by atoms with Crippen molar-refractivity contribution in [2.75, 3.05) is 12.8 Å². The van der Waals surface area contributed by atoms with Gasteiger partial charge in [0, 0.05) is 10.9 Å². The van der Waals surface area contributed by atoms with Crippen LogP contribution in [0.25, 0.3) is 11.1 Å². The van der Waals surface area contributed by atoms with E-state index in [4.69, 9.17) is 15.6 Å². The van der Waals surface area contributed by atoms with E-state index in [0.29, 0.717) is 11.1 Å². The molecular formula is C12H10FNO3S. The number of carboxylic acids is 1. The third-order valence-electron chi connectivity index (χ3n) is 2.49. The highest BCUT2D eigenvalue weighted by atomic mass is 32.1. The highest BCUT2D eigenvalue weighted by molar-refractivity contribution is 7.13. The van der Waals surface area contributed by atoms with E-state index in [1.165, 1.54) is 19.2 Å². The van der Waals surface area contributed by atoms with Crippen molar-refractivity contribution in [2.45, 2.75) is 0 Å². The van der Waals surface area contributed by atoms with Gasteiger partial charge < -0.3 is 15.6 Å². The molecule has 2 aromatic rings. The molecule has 2 rings (SSSR count). The highest BCUT2D eigenvalue weighted by Crippen LogP contribution is 2.35. The lowest BCUT2D eigenvalue weighted by atomic mass is 10.1. The number of ether oxygens (including phenoxy) is 1. The van der Waals surface area contributed by atoms with Gasteiger partial charge in [0.1, 0.15) is 4.88 Å². The molecule has 6 heteroatoms. The van der Waals surface area contributed by atoms with E-state index in [1.807, 2.05) is 0 Å². The molecule has 0 unspecified atom stereocenters. The monoisotopic (exact) mass is 267 g/mol. The van der Waals surface area contributed by atoms with Crippen molar-refractivity contribution in [3.05, 3.63) is 34.3 Å². The zero-order valence-corrected chi connectivity index (χ0v) is 10.3. The third kappa shape index (κ3) is 2.02. The molecule has 0 fully saturated rings. The molecule has 0 saturated heterocycles. The van der Waals surface area contributed by atoms with E-state index in [-0.39, 0.29) is 16.3 Å². The number of carbonyl (C=O) groups is 1. The molecule has 1 heterocycles. The summed E-state index contributed by atoms with van der Waals surface area (Å²) in [6, 6.07) is 4.37. The number of rotatable bonds is 3. The van der Waals surface area contributed by atoms with Crippen LogP contribution in [0.1, 0.15) is 9.67 Å². The van der Waals surface area contributed by atoms with Gasteiger partial charge in [-0.25, -0.2) is 9.18 Å². The van der Waals surface area contributed by atoms with E-state index < -0.39 is 11.8 Å². The van der Waals surface area contributed by atoms with Crippen molar-refractivity contribution in [2.24, 2.45) is 0 Å². The molecule has 0 aliphatic heterocycles. The maximum atomic E-state index is 13.6. The quantitative estimate of drug-likeness (QED) is 0.896. The molecule has 94 valence electrons. The Morgan fingerprint density at radius 1 is 1.50 bits per heavy atom. The number of aromatic carboxylic acids is 1. The molecule has 3 N–H and O–H groups in total. The summed E-state index contributed by atoms with van der Waals surface area (Å²) < 4.78 is 18.4. The molecule has 4 nitrogen and oxygen atoms in total. The number of benzene rings is 1. The molecular weight excluding hydrogens is 257 g/mol. The average molecular weight is 267 g/mol. The van der Waals surface area contributed by atoms with Crippen LogP contribution in [0.4, 0.5) is 10.1 Å². The average Bonchev–Trinajstić information content (AvgIpc) is 2.71. The van der Waals surface area contributed by atoms with Crippen LogP contribution in [0.15, 0.2) is 23.6 Å². The summed E-state index contributed by atoms with van der Waals surface area (Å²) in [6.45, 7) is 0. The van der Waals surface area contributed by atoms with Crippen molar-refractivity contribution in [1.29, 1.82) is 0 Å². The minimum atomic E-state index is -1.09. The van der Waals surface area contributed by atoms with Crippen LogP contribution in [-0.4, -0.2) is 18.2 Å². The number of hydrogen-bond donors (Lipinski definition) is 2. The van der Waals surface area contributed by atoms with Crippen LogP contribution >= 0.6 is 11.3 Å². The lowest BCUT2D eigenvalue weighted by Gasteiger charge is -2.05. The smallest absolute Gasteiger partial charge is 0.348 e. The number of hydrogen-bond acceptors (Lipinski definition) is 4. The van der Waals surface area contributed by atoms with Crippen LogP contribution in [0.5, 0.6) is 5.75 Å². The minimum Gasteiger partial charge on any atom is -0.494 e. The lowest BCUT2D eigenvalue weighted by Crippen LogP contribution is -1.98. The van der Waals surface area contributed by atoms with Gasteiger partial charge >= 0.3 is 5.97 Å². The zero-order chi connectivity index (χ0) is 13.3. The predicted molar refractivity (Wildman–Crippen MR) is 67.6 cm³/mol. The molecule has 0 saturated carbocycles. The van der Waals surface area contributed by atoms with Gasteiger partial charge in [-0.1, -0.05) is 6.07 Å². The van der Waals surface area contributed by atoms with Gasteiger partial charge in [-0.05, 0) is 17.7 Å². The van der Waals surface area contributed by atoms with E-state index in [1.54, 1.807) is 11.4 Å². The van der Waals surface area contributed by atoms with Crippen LogP contribution < -0.4 is 10.5 Å². The first kappa shape index (κ1) is 12.4. The number of carboxylic acid groups (broad SMARTS) is 1. The van der Waals surface area contributed by atoms with Crippen molar-refractivity contribution in [3.63, 3.8) is 0 Å². The molecule has 0 bridgehead atoms. The van der Waals surface area contributed by atoms with E-state index in [9.17, 15) is 9.18 Å². The van der Waals surface area contributed by atoms with E-state index in [0.717, 1.165) is 11.3 Å². The van der Waals surface area contributed by atoms with Gasteiger partial charge in [0.2, 0.25) is 0 Å². The maximum Gasteiger partial charge on any atom is 0.348 e. The molecule has 1 aromatic heterocycles. The minimum absolute atomic E-state index is 0.0567. The standard InChI is InChI=1S/C12H10FNO3S/c1-17-9-3-2-6(4-8(9)13)7-5-18-11(10(7)14)12(15)16/h2-5H,14H2,1H3,(H,15,16). The van der Waals surface area contributed by atoms with Crippen LogP contribution in [0.2, 0.25) is 0 Å². The molecule has 0 atom stereocenters. The number of methoxy groups -OCH3 is 1. The van der Waals surface area contributed by atoms with Crippen molar-refractivity contribution in [3.8, 4) is 16.9 Å². The normalized spacial score (nSPS) is 10.3. The Kier molecular flexibility index (Phi) is 3.20. The number of thiophene rings is 1. The van der Waals surface area contributed by atoms with E-state index in [2.05, 4.69) is 0 Å². The Hall–Kier alpha value is -2.08. The zero-order valence-electron chi connectivity index (χ0n) is 9.44. The van der Waals surface area contributed by atoms with Crippen molar-refractivity contribution < 1.29 is 19.0 Å². The Bertz CT molecular complexity index is 609. The molecule has 18 heavy (non-hydrogen) atoms. The first-order valence-corrected chi connectivity index (χ1v) is 5.86. The summed E-state index contributed by atoms with van der Waals surface area (Å²) in [5.41, 5.74) is 6.92. The van der Waals surface area contributed by atoms with Gasteiger partial charge in [-0.2, -0.15) is 0 Å². The molecule has 0 aliphatic carbocycles. The van der Waals surface area contributed by atoms with Gasteiger partial charge in [-0.3, -0.25) is 0 Å². The largest absolute Gasteiger partial charge is 0.494 e. The number of nitrogens with two attached hydrogens (primary N) is 1. The fourth-order valence-electron chi connectivity index (χ4n) is 1.59. The summed E-state index contributed by atoms with van der Waals surface area (Å²) in [5, 5.41) is 10.5. The fourth-order valence-corrected chi connectivity index (χ4v) is 2.43. The van der Waals surface area contributed by atoms with Gasteiger partial charge in [0.15, 0.2) is 11.6 Å². The topological polar surface area (TPSA) is 72.5 Å². The van der Waals surface area contributed by atoms with Gasteiger partial charge in [-0.15, -0.1) is 11.3 Å². The third-order valence-corrected chi connectivity index (χ3v) is 3.47. The molecule has 0 aliphatic rings. The number of anilines is 1. The number of nitrogen functional groups attached to an aromatic ring is 1. The summed E-state index contributed by atoms with van der Waals surface area (Å²) in [7, 11) is 1.37. The first-order valence-electron chi connectivity index (χ1n) is 4.98. The maximum absolute atomic E-state index is 13.6. The fraction of sp³-hybridized carbons (Fsp3) is 0.0833. The summed E-state index contributed by atoms with van der Waals surface area (Å²) in [6.07, 6.45) is 0. The molecule has 0 amide bonds. The van der Waals surface area contributed by atoms with Crippen molar-refractivity contribution in [1.82, 2.24) is 0 Å². The molecule has 1 aromatic carbocycles. The SMILES string of the molecule is COc1ccc(-c2csc(C(=O)O)c2N)cc1F. The Morgan fingerprint density at radius 3 is 2.72 bits per heavy atom. The van der Waals surface area contributed by atoms with Gasteiger partial charge in [0.05, 0.1) is 12.8 Å². The van der Waals surface area contributed by atoms with Crippen molar-refractivity contribution >= 4 is 23.0 Å². The summed E-state index contributed by atoms with van der Waals surface area (Å²) >= 11 is 1.02. The Morgan fingerprint density at radius 2 is 2.22 bits per heavy atom. The van der Waals surface area contributed by atoms with E-state index >= 15 is 0 Å². The summed E-state index contributed by atoms with van der Waals surface area (Å²) in [4.78, 5) is 10.9. The molecule has 0 radical (unpaired) electrons. The van der Waals surface area contributed by atoms with Crippen LogP contribution in [0.3, 0.4) is 0 Å². The second-order valence-corrected chi connectivity index (χ2v) is 4.43. The lowest BCUT2D eigenvalue weighted by molar-refractivity contribution is 0.0703. The highest BCUT2D eigenvalue weighted by Gasteiger charge is 2.16. The number of halogens is 1. The van der Waals surface area contributed by atoms with Gasteiger partial charge in [0.25, 0.3) is 0 Å². The first-order chi connectivity index (χ1) is 8.54. The Labute approximate surface area is 106 Å². The summed E-state index contributed by atoms with van der Waals surface area (Å²) in [5.74, 6) is -1.47. The Balaban J connectivity index is 2.49. The van der Waals surface area contributed by atoms with Crippen LogP contribution in [-0.2, 0) is 0 Å². The second kappa shape index (κ2) is 4.66.